The number of aromatic nitrogens is 2. The van der Waals surface area contributed by atoms with Gasteiger partial charge in [0.25, 0.3) is 0 Å². The number of amides is 2. The van der Waals surface area contributed by atoms with Crippen LogP contribution >= 0.6 is 27.3 Å². The third-order valence-electron chi connectivity index (χ3n) is 3.80. The van der Waals surface area contributed by atoms with Crippen LogP contribution in [-0.4, -0.2) is 29.1 Å². The molecule has 0 aliphatic rings. The number of nitrogens with one attached hydrogen (secondary N) is 1. The second-order valence-corrected chi connectivity index (χ2v) is 7.78. The zero-order valence-electron chi connectivity index (χ0n) is 14.8. The molecule has 0 saturated heterocycles. The number of hydrogen-bond donors (Lipinski definition) is 1. The quantitative estimate of drug-likeness (QED) is 0.641. The largest absolute Gasteiger partial charge is 0.326 e. The van der Waals surface area contributed by atoms with E-state index in [0.29, 0.717) is 10.8 Å². The van der Waals surface area contributed by atoms with E-state index >= 15 is 0 Å². The Morgan fingerprint density at radius 3 is 2.37 bits per heavy atom. The number of carbonyl (C=O) groups is 2. The maximum Gasteiger partial charge on any atom is 0.232 e. The van der Waals surface area contributed by atoms with E-state index in [9.17, 15) is 9.59 Å². The smallest absolute Gasteiger partial charge is 0.232 e. The normalized spacial score (nSPS) is 10.5. The lowest BCUT2D eigenvalue weighted by molar-refractivity contribution is -0.117. The SMILES string of the molecule is CC(=O)Nc1ccc(CC(=O)N(C)c2nnc(-c3ccc(Br)cc3)s2)cc1. The van der Waals surface area contributed by atoms with Crippen LogP contribution in [0.5, 0.6) is 0 Å². The van der Waals surface area contributed by atoms with Gasteiger partial charge in [-0.05, 0) is 29.8 Å². The number of carbonyl (C=O) groups excluding carboxylic acids is 2. The summed E-state index contributed by atoms with van der Waals surface area (Å²) < 4.78 is 0.993. The van der Waals surface area contributed by atoms with Crippen LogP contribution < -0.4 is 10.2 Å². The van der Waals surface area contributed by atoms with Gasteiger partial charge in [-0.15, -0.1) is 10.2 Å². The van der Waals surface area contributed by atoms with Gasteiger partial charge in [-0.1, -0.05) is 51.5 Å². The van der Waals surface area contributed by atoms with Crippen LogP contribution in [0.4, 0.5) is 10.8 Å². The molecule has 1 heterocycles. The first-order chi connectivity index (χ1) is 12.9. The zero-order valence-corrected chi connectivity index (χ0v) is 17.2. The fourth-order valence-corrected chi connectivity index (χ4v) is 3.46. The molecule has 2 aromatic carbocycles. The zero-order chi connectivity index (χ0) is 19.4. The topological polar surface area (TPSA) is 75.2 Å². The van der Waals surface area contributed by atoms with E-state index in [1.54, 1.807) is 19.2 Å². The van der Waals surface area contributed by atoms with Gasteiger partial charge in [-0.3, -0.25) is 14.5 Å². The number of halogens is 1. The third kappa shape index (κ3) is 4.99. The average Bonchev–Trinajstić information content (AvgIpc) is 3.13. The lowest BCUT2D eigenvalue weighted by Crippen LogP contribution is -2.27. The van der Waals surface area contributed by atoms with Gasteiger partial charge < -0.3 is 5.32 Å². The number of anilines is 2. The first kappa shape index (κ1) is 19.2. The van der Waals surface area contributed by atoms with E-state index in [1.807, 2.05) is 36.4 Å². The van der Waals surface area contributed by atoms with E-state index in [1.165, 1.54) is 23.2 Å². The van der Waals surface area contributed by atoms with Gasteiger partial charge >= 0.3 is 0 Å². The van der Waals surface area contributed by atoms with Gasteiger partial charge in [-0.2, -0.15) is 0 Å². The molecule has 0 aliphatic carbocycles. The molecule has 0 unspecified atom stereocenters. The molecule has 0 radical (unpaired) electrons. The maximum atomic E-state index is 12.6. The van der Waals surface area contributed by atoms with Crippen molar-refractivity contribution in [3.63, 3.8) is 0 Å². The molecule has 27 heavy (non-hydrogen) atoms. The first-order valence-electron chi connectivity index (χ1n) is 8.15. The first-order valence-corrected chi connectivity index (χ1v) is 9.76. The summed E-state index contributed by atoms with van der Waals surface area (Å²) in [5, 5.41) is 12.3. The van der Waals surface area contributed by atoms with Gasteiger partial charge in [0.15, 0.2) is 0 Å². The highest BCUT2D eigenvalue weighted by Gasteiger charge is 2.17. The molecule has 0 atom stereocenters. The van der Waals surface area contributed by atoms with Crippen molar-refractivity contribution < 1.29 is 9.59 Å². The average molecular weight is 445 g/mol. The van der Waals surface area contributed by atoms with Crippen LogP contribution in [0.25, 0.3) is 10.6 Å². The molecule has 6 nitrogen and oxygen atoms in total. The molecular weight excluding hydrogens is 428 g/mol. The third-order valence-corrected chi connectivity index (χ3v) is 5.37. The highest BCUT2D eigenvalue weighted by molar-refractivity contribution is 9.10. The molecular formula is C19H17BrN4O2S. The number of benzene rings is 2. The van der Waals surface area contributed by atoms with Gasteiger partial charge in [-0.25, -0.2) is 0 Å². The van der Waals surface area contributed by atoms with Gasteiger partial charge in [0.1, 0.15) is 5.01 Å². The number of likely N-dealkylation sites (N-methyl/N-ethyl adjacent to an activating group) is 1. The Balaban J connectivity index is 1.67. The van der Waals surface area contributed by atoms with E-state index < -0.39 is 0 Å². The van der Waals surface area contributed by atoms with Crippen LogP contribution in [0.2, 0.25) is 0 Å². The van der Waals surface area contributed by atoms with Crippen molar-refractivity contribution in [2.24, 2.45) is 0 Å². The van der Waals surface area contributed by atoms with Crippen LogP contribution in [0.15, 0.2) is 53.0 Å². The van der Waals surface area contributed by atoms with Crippen molar-refractivity contribution in [1.82, 2.24) is 10.2 Å². The second kappa shape index (κ2) is 8.41. The summed E-state index contributed by atoms with van der Waals surface area (Å²) in [7, 11) is 1.69. The van der Waals surface area contributed by atoms with Crippen molar-refractivity contribution in [3.05, 3.63) is 58.6 Å². The number of nitrogens with zero attached hydrogens (tertiary/aromatic N) is 3. The van der Waals surface area contributed by atoms with E-state index in [0.717, 1.165) is 20.6 Å². The molecule has 2 amide bonds. The standard InChI is InChI=1S/C19H17BrN4O2S/c1-12(25)21-16-9-3-13(4-10-16)11-17(26)24(2)19-23-22-18(27-19)14-5-7-15(20)8-6-14/h3-10H,11H2,1-2H3,(H,21,25). The van der Waals surface area contributed by atoms with Crippen molar-refractivity contribution >= 4 is 49.9 Å². The highest BCUT2D eigenvalue weighted by atomic mass is 79.9. The Morgan fingerprint density at radius 1 is 1.07 bits per heavy atom. The molecule has 3 aromatic rings. The summed E-state index contributed by atoms with van der Waals surface area (Å²) in [5.41, 5.74) is 2.52. The highest BCUT2D eigenvalue weighted by Crippen LogP contribution is 2.29. The van der Waals surface area contributed by atoms with Crippen molar-refractivity contribution in [3.8, 4) is 10.6 Å². The molecule has 1 N–H and O–H groups in total. The fourth-order valence-electron chi connectivity index (χ4n) is 2.37. The summed E-state index contributed by atoms with van der Waals surface area (Å²) in [4.78, 5) is 25.1. The summed E-state index contributed by atoms with van der Waals surface area (Å²) in [6.45, 7) is 1.46. The molecule has 0 bridgehead atoms. The Kier molecular flexibility index (Phi) is 5.98. The molecule has 1 aromatic heterocycles. The van der Waals surface area contributed by atoms with Crippen LogP contribution in [-0.2, 0) is 16.0 Å². The van der Waals surface area contributed by atoms with Crippen LogP contribution in [0, 0.1) is 0 Å². The lowest BCUT2D eigenvalue weighted by atomic mass is 10.1. The molecule has 3 rings (SSSR count). The summed E-state index contributed by atoms with van der Waals surface area (Å²) in [6, 6.07) is 15.0. The van der Waals surface area contributed by atoms with E-state index in [-0.39, 0.29) is 18.2 Å². The van der Waals surface area contributed by atoms with Crippen molar-refractivity contribution in [1.29, 1.82) is 0 Å². The monoisotopic (exact) mass is 444 g/mol. The summed E-state index contributed by atoms with van der Waals surface area (Å²) in [6.07, 6.45) is 0.240. The van der Waals surface area contributed by atoms with Gasteiger partial charge in [0.2, 0.25) is 16.9 Å². The Hall–Kier alpha value is -2.58. The lowest BCUT2D eigenvalue weighted by Gasteiger charge is -2.13. The maximum absolute atomic E-state index is 12.6. The predicted molar refractivity (Wildman–Crippen MR) is 111 cm³/mol. The number of hydrogen-bond acceptors (Lipinski definition) is 5. The number of rotatable bonds is 5. The van der Waals surface area contributed by atoms with Crippen molar-refractivity contribution in [2.75, 3.05) is 17.3 Å². The Bertz CT molecular complexity index is 955. The molecule has 138 valence electrons. The fraction of sp³-hybridized carbons (Fsp3) is 0.158. The minimum Gasteiger partial charge on any atom is -0.326 e. The Labute approximate surface area is 169 Å². The Morgan fingerprint density at radius 2 is 1.74 bits per heavy atom. The van der Waals surface area contributed by atoms with Crippen molar-refractivity contribution in [2.45, 2.75) is 13.3 Å². The van der Waals surface area contributed by atoms with E-state index in [4.69, 9.17) is 0 Å². The van der Waals surface area contributed by atoms with E-state index in [2.05, 4.69) is 31.4 Å². The molecule has 0 saturated carbocycles. The summed E-state index contributed by atoms with van der Waals surface area (Å²) in [5.74, 6) is -0.211. The second-order valence-electron chi connectivity index (χ2n) is 5.90. The molecule has 0 aliphatic heterocycles. The minimum atomic E-state index is -0.128. The van der Waals surface area contributed by atoms with Crippen LogP contribution in [0.3, 0.4) is 0 Å². The van der Waals surface area contributed by atoms with Crippen LogP contribution in [0.1, 0.15) is 12.5 Å². The molecule has 0 spiro atoms. The molecule has 8 heteroatoms. The molecule has 0 fully saturated rings. The minimum absolute atomic E-state index is 0.0826. The predicted octanol–water partition coefficient (Wildman–Crippen LogP) is 4.13. The van der Waals surface area contributed by atoms with Gasteiger partial charge in [0, 0.05) is 29.7 Å². The summed E-state index contributed by atoms with van der Waals surface area (Å²) >= 11 is 4.78. The van der Waals surface area contributed by atoms with Gasteiger partial charge in [0.05, 0.1) is 6.42 Å².